The highest BCUT2D eigenvalue weighted by Gasteiger charge is 2.15. The molecule has 0 saturated carbocycles. The fraction of sp³-hybridized carbons (Fsp3) is 0.500. The van der Waals surface area contributed by atoms with Gasteiger partial charge in [-0.15, -0.1) is 0 Å². The number of rotatable bonds is 2. The highest BCUT2D eigenvalue weighted by molar-refractivity contribution is 5.57. The molecular formula is C16H23N. The first-order valence-corrected chi connectivity index (χ1v) is 6.63. The van der Waals surface area contributed by atoms with Crippen LogP contribution in [0.1, 0.15) is 36.0 Å². The molecule has 1 saturated heterocycles. The lowest BCUT2D eigenvalue weighted by atomic mass is 9.98. The van der Waals surface area contributed by atoms with Crippen LogP contribution in [0.2, 0.25) is 0 Å². The van der Waals surface area contributed by atoms with E-state index in [9.17, 15) is 0 Å². The zero-order valence-corrected chi connectivity index (χ0v) is 11.2. The van der Waals surface area contributed by atoms with Crippen molar-refractivity contribution in [2.24, 2.45) is 0 Å². The SMILES string of the molecule is Cc1cccc(C)c1/C=C/C1CCCCN1C. The number of likely N-dealkylation sites (N-methyl/N-ethyl adjacent to an activating group) is 1. The number of piperidine rings is 1. The van der Waals surface area contributed by atoms with Gasteiger partial charge in [-0.1, -0.05) is 36.8 Å². The maximum atomic E-state index is 2.47. The summed E-state index contributed by atoms with van der Waals surface area (Å²) in [7, 11) is 2.23. The lowest BCUT2D eigenvalue weighted by molar-refractivity contribution is 0.222. The van der Waals surface area contributed by atoms with Gasteiger partial charge in [0.2, 0.25) is 0 Å². The second-order valence-corrected chi connectivity index (χ2v) is 5.21. The van der Waals surface area contributed by atoms with Crippen LogP contribution in [-0.4, -0.2) is 24.5 Å². The Kier molecular flexibility index (Phi) is 4.01. The fourth-order valence-corrected chi connectivity index (χ4v) is 2.64. The van der Waals surface area contributed by atoms with Gasteiger partial charge in [0.05, 0.1) is 0 Å². The van der Waals surface area contributed by atoms with Crippen LogP contribution in [0.25, 0.3) is 6.08 Å². The topological polar surface area (TPSA) is 3.24 Å². The molecule has 0 radical (unpaired) electrons. The van der Waals surface area contributed by atoms with Gasteiger partial charge in [0.25, 0.3) is 0 Å². The molecule has 1 heteroatoms. The van der Waals surface area contributed by atoms with E-state index in [4.69, 9.17) is 0 Å². The Hall–Kier alpha value is -1.08. The predicted octanol–water partition coefficient (Wildman–Crippen LogP) is 3.80. The third-order valence-corrected chi connectivity index (χ3v) is 3.85. The molecular weight excluding hydrogens is 206 g/mol. The summed E-state index contributed by atoms with van der Waals surface area (Å²) >= 11 is 0. The van der Waals surface area contributed by atoms with E-state index >= 15 is 0 Å². The van der Waals surface area contributed by atoms with Gasteiger partial charge in [0, 0.05) is 6.04 Å². The van der Waals surface area contributed by atoms with E-state index in [1.54, 1.807) is 0 Å². The summed E-state index contributed by atoms with van der Waals surface area (Å²) < 4.78 is 0. The van der Waals surface area contributed by atoms with Gasteiger partial charge in [-0.3, -0.25) is 4.90 Å². The van der Waals surface area contributed by atoms with Gasteiger partial charge in [0.15, 0.2) is 0 Å². The predicted molar refractivity (Wildman–Crippen MR) is 75.2 cm³/mol. The first-order valence-electron chi connectivity index (χ1n) is 6.63. The summed E-state index contributed by atoms with van der Waals surface area (Å²) in [6.07, 6.45) is 8.72. The highest BCUT2D eigenvalue weighted by Crippen LogP contribution is 2.19. The minimum Gasteiger partial charge on any atom is -0.300 e. The number of aryl methyl sites for hydroxylation is 2. The summed E-state index contributed by atoms with van der Waals surface area (Å²) in [6.45, 7) is 5.62. The average Bonchev–Trinajstić information content (AvgIpc) is 2.30. The Morgan fingerprint density at radius 2 is 1.88 bits per heavy atom. The summed E-state index contributed by atoms with van der Waals surface area (Å²) in [5.41, 5.74) is 4.14. The quantitative estimate of drug-likeness (QED) is 0.745. The molecule has 0 spiro atoms. The number of likely N-dealkylation sites (tertiary alicyclic amines) is 1. The van der Waals surface area contributed by atoms with Gasteiger partial charge < -0.3 is 0 Å². The molecule has 1 nitrogen and oxygen atoms in total. The van der Waals surface area contributed by atoms with E-state index in [2.05, 4.69) is 56.1 Å². The molecule has 1 aromatic carbocycles. The number of hydrogen-bond donors (Lipinski definition) is 0. The molecule has 1 fully saturated rings. The molecule has 0 amide bonds. The van der Waals surface area contributed by atoms with Gasteiger partial charge in [-0.25, -0.2) is 0 Å². The molecule has 17 heavy (non-hydrogen) atoms. The molecule has 1 aliphatic heterocycles. The Bertz CT molecular complexity index is 386. The van der Waals surface area contributed by atoms with Crippen molar-refractivity contribution in [1.82, 2.24) is 4.90 Å². The standard InChI is InChI=1S/C16H23N/c1-13-7-6-8-14(2)16(13)11-10-15-9-4-5-12-17(15)3/h6-8,10-11,15H,4-5,9,12H2,1-3H3/b11-10+. The van der Waals surface area contributed by atoms with Crippen LogP contribution < -0.4 is 0 Å². The summed E-state index contributed by atoms with van der Waals surface area (Å²) in [5, 5.41) is 0. The van der Waals surface area contributed by atoms with E-state index in [1.807, 2.05) is 0 Å². The first-order chi connectivity index (χ1) is 8.18. The zero-order chi connectivity index (χ0) is 12.3. The third kappa shape index (κ3) is 2.98. The highest BCUT2D eigenvalue weighted by atomic mass is 15.1. The van der Waals surface area contributed by atoms with E-state index in [0.717, 1.165) is 0 Å². The van der Waals surface area contributed by atoms with Crippen molar-refractivity contribution in [3.8, 4) is 0 Å². The van der Waals surface area contributed by atoms with Crippen LogP contribution in [0.15, 0.2) is 24.3 Å². The van der Waals surface area contributed by atoms with Crippen LogP contribution in [0, 0.1) is 13.8 Å². The van der Waals surface area contributed by atoms with Crippen molar-refractivity contribution in [3.05, 3.63) is 41.0 Å². The second kappa shape index (κ2) is 5.50. The summed E-state index contributed by atoms with van der Waals surface area (Å²) in [5.74, 6) is 0. The van der Waals surface area contributed by atoms with Gasteiger partial charge >= 0.3 is 0 Å². The molecule has 2 rings (SSSR count). The minimum absolute atomic E-state index is 0.628. The molecule has 1 aliphatic rings. The summed E-state index contributed by atoms with van der Waals surface area (Å²) in [4.78, 5) is 2.47. The monoisotopic (exact) mass is 229 g/mol. The van der Waals surface area contributed by atoms with Gasteiger partial charge in [-0.2, -0.15) is 0 Å². The van der Waals surface area contributed by atoms with Crippen molar-refractivity contribution in [2.45, 2.75) is 39.2 Å². The van der Waals surface area contributed by atoms with Crippen molar-refractivity contribution in [3.63, 3.8) is 0 Å². The van der Waals surface area contributed by atoms with E-state index in [1.165, 1.54) is 42.5 Å². The zero-order valence-electron chi connectivity index (χ0n) is 11.2. The van der Waals surface area contributed by atoms with Crippen molar-refractivity contribution < 1.29 is 0 Å². The Morgan fingerprint density at radius 3 is 2.53 bits per heavy atom. The number of benzene rings is 1. The van der Waals surface area contributed by atoms with Crippen molar-refractivity contribution in [1.29, 1.82) is 0 Å². The molecule has 1 aromatic rings. The van der Waals surface area contributed by atoms with Crippen molar-refractivity contribution in [2.75, 3.05) is 13.6 Å². The van der Waals surface area contributed by atoms with Gasteiger partial charge in [-0.05, 0) is 57.0 Å². The molecule has 1 heterocycles. The van der Waals surface area contributed by atoms with Crippen LogP contribution in [0.4, 0.5) is 0 Å². The van der Waals surface area contributed by atoms with Crippen LogP contribution in [0.3, 0.4) is 0 Å². The molecule has 0 bridgehead atoms. The third-order valence-electron chi connectivity index (χ3n) is 3.85. The Labute approximate surface area is 105 Å². The first kappa shape index (κ1) is 12.4. The molecule has 92 valence electrons. The molecule has 1 atom stereocenters. The van der Waals surface area contributed by atoms with E-state index in [0.29, 0.717) is 6.04 Å². The lowest BCUT2D eigenvalue weighted by Gasteiger charge is -2.30. The second-order valence-electron chi connectivity index (χ2n) is 5.21. The molecule has 0 N–H and O–H groups in total. The van der Waals surface area contributed by atoms with E-state index in [-0.39, 0.29) is 0 Å². The fourth-order valence-electron chi connectivity index (χ4n) is 2.64. The average molecular weight is 229 g/mol. The summed E-state index contributed by atoms with van der Waals surface area (Å²) in [6, 6.07) is 7.14. The largest absolute Gasteiger partial charge is 0.300 e. The normalized spacial score (nSPS) is 22.2. The Morgan fingerprint density at radius 1 is 1.18 bits per heavy atom. The maximum Gasteiger partial charge on any atom is 0.0278 e. The van der Waals surface area contributed by atoms with Crippen LogP contribution in [0.5, 0.6) is 0 Å². The van der Waals surface area contributed by atoms with E-state index < -0.39 is 0 Å². The molecule has 0 aromatic heterocycles. The number of nitrogens with zero attached hydrogens (tertiary/aromatic N) is 1. The Balaban J connectivity index is 2.14. The van der Waals surface area contributed by atoms with Crippen LogP contribution in [-0.2, 0) is 0 Å². The molecule has 0 aliphatic carbocycles. The maximum absolute atomic E-state index is 2.47. The molecule has 1 unspecified atom stereocenters. The minimum atomic E-state index is 0.628. The van der Waals surface area contributed by atoms with Gasteiger partial charge in [0.1, 0.15) is 0 Å². The van der Waals surface area contributed by atoms with Crippen LogP contribution >= 0.6 is 0 Å². The lowest BCUT2D eigenvalue weighted by Crippen LogP contribution is -2.34. The van der Waals surface area contributed by atoms with Crippen molar-refractivity contribution >= 4 is 6.08 Å². The number of hydrogen-bond acceptors (Lipinski definition) is 1. The smallest absolute Gasteiger partial charge is 0.0278 e.